The van der Waals surface area contributed by atoms with Gasteiger partial charge in [-0.2, -0.15) is 13.2 Å². The van der Waals surface area contributed by atoms with E-state index >= 15 is 0 Å². The highest BCUT2D eigenvalue weighted by Gasteiger charge is 2.42. The minimum Gasteiger partial charge on any atom is -0.381 e. The highest BCUT2D eigenvalue weighted by molar-refractivity contribution is 5.80. The molecule has 8 heteroatoms. The first-order valence-corrected chi connectivity index (χ1v) is 10.9. The van der Waals surface area contributed by atoms with Gasteiger partial charge in [0.2, 0.25) is 0 Å². The minimum atomic E-state index is -4.10. The molecule has 0 radical (unpaired) electrons. The molecule has 2 N–H and O–H groups in total. The van der Waals surface area contributed by atoms with E-state index in [0.29, 0.717) is 25.5 Å². The number of aliphatic imine (C=N–C) groups is 1. The van der Waals surface area contributed by atoms with Gasteiger partial charge in [0.25, 0.3) is 0 Å². The standard InChI is InChI=1S/C20H35F3N4O/c1-2-24-18(26-17-7-5-6-16(14-17)20(21,22)23)25-15-19(8-12-28-13-9-19)27-10-3-4-11-27/h16-17H,2-15H2,1H3,(H2,24,25,26). The Labute approximate surface area is 166 Å². The molecule has 3 aliphatic rings. The summed E-state index contributed by atoms with van der Waals surface area (Å²) in [4.78, 5) is 7.41. The molecular formula is C20H35F3N4O. The fraction of sp³-hybridized carbons (Fsp3) is 0.950. The molecule has 1 aliphatic carbocycles. The van der Waals surface area contributed by atoms with E-state index in [0.717, 1.165) is 45.6 Å². The highest BCUT2D eigenvalue weighted by Crippen LogP contribution is 2.37. The Morgan fingerprint density at radius 2 is 1.86 bits per heavy atom. The zero-order valence-electron chi connectivity index (χ0n) is 17.0. The van der Waals surface area contributed by atoms with E-state index in [4.69, 9.17) is 9.73 Å². The number of nitrogens with zero attached hydrogens (tertiary/aromatic N) is 2. The number of likely N-dealkylation sites (tertiary alicyclic amines) is 1. The predicted octanol–water partition coefficient (Wildman–Crippen LogP) is 3.31. The lowest BCUT2D eigenvalue weighted by molar-refractivity contribution is -0.183. The lowest BCUT2D eigenvalue weighted by Gasteiger charge is -2.43. The molecule has 3 rings (SSSR count). The monoisotopic (exact) mass is 404 g/mol. The van der Waals surface area contributed by atoms with Crippen molar-refractivity contribution >= 4 is 5.96 Å². The number of halogens is 3. The Balaban J connectivity index is 1.65. The topological polar surface area (TPSA) is 48.9 Å². The molecular weight excluding hydrogens is 369 g/mol. The minimum absolute atomic E-state index is 0.0260. The molecule has 1 saturated carbocycles. The smallest absolute Gasteiger partial charge is 0.381 e. The molecule has 0 amide bonds. The van der Waals surface area contributed by atoms with Crippen LogP contribution in [0.5, 0.6) is 0 Å². The summed E-state index contributed by atoms with van der Waals surface area (Å²) in [6, 6.07) is -0.171. The second kappa shape index (κ2) is 9.65. The molecule has 3 fully saturated rings. The van der Waals surface area contributed by atoms with Crippen molar-refractivity contribution in [2.45, 2.75) is 76.0 Å². The average molecular weight is 405 g/mol. The Bertz CT molecular complexity index is 514. The predicted molar refractivity (Wildman–Crippen MR) is 105 cm³/mol. The third-order valence-electron chi connectivity index (χ3n) is 6.55. The van der Waals surface area contributed by atoms with E-state index in [1.165, 1.54) is 12.8 Å². The van der Waals surface area contributed by atoms with Gasteiger partial charge in [0.15, 0.2) is 5.96 Å². The van der Waals surface area contributed by atoms with Crippen LogP contribution in [0.25, 0.3) is 0 Å². The fourth-order valence-corrected chi connectivity index (χ4v) is 4.87. The molecule has 5 nitrogen and oxygen atoms in total. The van der Waals surface area contributed by atoms with Crippen LogP contribution in [0.4, 0.5) is 13.2 Å². The molecule has 0 aromatic rings. The summed E-state index contributed by atoms with van der Waals surface area (Å²) in [5.41, 5.74) is 0.0260. The summed E-state index contributed by atoms with van der Waals surface area (Å²) in [7, 11) is 0. The van der Waals surface area contributed by atoms with Crippen LogP contribution in [0.2, 0.25) is 0 Å². The van der Waals surface area contributed by atoms with Crippen LogP contribution in [0.1, 0.15) is 58.3 Å². The summed E-state index contributed by atoms with van der Waals surface area (Å²) in [6.07, 6.45) is 2.05. The van der Waals surface area contributed by atoms with Crippen molar-refractivity contribution in [1.29, 1.82) is 0 Å². The van der Waals surface area contributed by atoms with E-state index in [-0.39, 0.29) is 24.4 Å². The van der Waals surface area contributed by atoms with Crippen LogP contribution in [-0.4, -0.2) is 68.0 Å². The number of hydrogen-bond acceptors (Lipinski definition) is 3. The maximum atomic E-state index is 13.1. The molecule has 2 aliphatic heterocycles. The van der Waals surface area contributed by atoms with E-state index in [1.807, 2.05) is 6.92 Å². The second-order valence-corrected chi connectivity index (χ2v) is 8.47. The van der Waals surface area contributed by atoms with Gasteiger partial charge in [0, 0.05) is 31.3 Å². The van der Waals surface area contributed by atoms with Crippen molar-refractivity contribution in [3.05, 3.63) is 0 Å². The van der Waals surface area contributed by atoms with Crippen molar-refractivity contribution in [2.75, 3.05) is 39.4 Å². The van der Waals surface area contributed by atoms with Crippen molar-refractivity contribution in [3.63, 3.8) is 0 Å². The molecule has 0 aromatic carbocycles. The lowest BCUT2D eigenvalue weighted by atomic mass is 9.85. The third-order valence-corrected chi connectivity index (χ3v) is 6.55. The molecule has 2 atom stereocenters. The summed E-state index contributed by atoms with van der Waals surface area (Å²) < 4.78 is 45.0. The molecule has 28 heavy (non-hydrogen) atoms. The van der Waals surface area contributed by atoms with Crippen molar-refractivity contribution in [2.24, 2.45) is 10.9 Å². The van der Waals surface area contributed by atoms with Gasteiger partial charge < -0.3 is 15.4 Å². The van der Waals surface area contributed by atoms with Gasteiger partial charge in [0.1, 0.15) is 0 Å². The Kier molecular flexibility index (Phi) is 7.48. The highest BCUT2D eigenvalue weighted by atomic mass is 19.4. The van der Waals surface area contributed by atoms with Crippen molar-refractivity contribution < 1.29 is 17.9 Å². The Morgan fingerprint density at radius 1 is 1.14 bits per heavy atom. The Hall–Kier alpha value is -1.02. The number of nitrogens with one attached hydrogen (secondary N) is 2. The van der Waals surface area contributed by atoms with Crippen LogP contribution in [-0.2, 0) is 4.74 Å². The number of ether oxygens (including phenoxy) is 1. The lowest BCUT2D eigenvalue weighted by Crippen LogP contribution is -2.54. The molecule has 0 bridgehead atoms. The molecule has 0 aromatic heterocycles. The van der Waals surface area contributed by atoms with Crippen LogP contribution in [0.3, 0.4) is 0 Å². The van der Waals surface area contributed by atoms with Gasteiger partial charge in [0.05, 0.1) is 12.5 Å². The van der Waals surface area contributed by atoms with Crippen LogP contribution in [0, 0.1) is 5.92 Å². The first kappa shape index (κ1) is 21.7. The molecule has 0 spiro atoms. The molecule has 2 heterocycles. The first-order valence-electron chi connectivity index (χ1n) is 10.9. The largest absolute Gasteiger partial charge is 0.391 e. The van der Waals surface area contributed by atoms with Gasteiger partial charge in [-0.25, -0.2) is 0 Å². The summed E-state index contributed by atoms with van der Waals surface area (Å²) in [5, 5.41) is 6.53. The summed E-state index contributed by atoms with van der Waals surface area (Å²) in [5.74, 6) is -0.548. The van der Waals surface area contributed by atoms with Crippen LogP contribution < -0.4 is 10.6 Å². The third kappa shape index (κ3) is 5.53. The summed E-state index contributed by atoms with van der Waals surface area (Å²) >= 11 is 0. The number of alkyl halides is 3. The van der Waals surface area contributed by atoms with Gasteiger partial charge >= 0.3 is 6.18 Å². The van der Waals surface area contributed by atoms with Gasteiger partial charge in [-0.3, -0.25) is 9.89 Å². The number of hydrogen-bond donors (Lipinski definition) is 2. The zero-order chi connectivity index (χ0) is 20.0. The molecule has 2 saturated heterocycles. The van der Waals surface area contributed by atoms with Gasteiger partial charge in [-0.15, -0.1) is 0 Å². The average Bonchev–Trinajstić information content (AvgIpc) is 3.22. The number of rotatable bonds is 5. The van der Waals surface area contributed by atoms with Crippen molar-refractivity contribution in [3.8, 4) is 0 Å². The Morgan fingerprint density at radius 3 is 2.50 bits per heavy atom. The van der Waals surface area contributed by atoms with E-state index in [2.05, 4.69) is 15.5 Å². The first-order chi connectivity index (χ1) is 13.4. The van der Waals surface area contributed by atoms with Gasteiger partial charge in [-0.05, 0) is 65.0 Å². The quantitative estimate of drug-likeness (QED) is 0.545. The molecule has 162 valence electrons. The van der Waals surface area contributed by atoms with E-state index < -0.39 is 12.1 Å². The fourth-order valence-electron chi connectivity index (χ4n) is 4.87. The van der Waals surface area contributed by atoms with Crippen LogP contribution >= 0.6 is 0 Å². The van der Waals surface area contributed by atoms with E-state index in [1.54, 1.807) is 0 Å². The summed E-state index contributed by atoms with van der Waals surface area (Å²) in [6.45, 7) is 7.08. The number of guanidine groups is 1. The maximum Gasteiger partial charge on any atom is 0.391 e. The maximum absolute atomic E-state index is 13.1. The van der Waals surface area contributed by atoms with Crippen molar-refractivity contribution in [1.82, 2.24) is 15.5 Å². The van der Waals surface area contributed by atoms with E-state index in [9.17, 15) is 13.2 Å². The normalized spacial score (nSPS) is 29.6. The van der Waals surface area contributed by atoms with Gasteiger partial charge in [-0.1, -0.05) is 6.42 Å². The SMILES string of the molecule is CCNC(=NCC1(N2CCCC2)CCOCC1)NC1CCCC(C(F)(F)F)C1. The molecule has 2 unspecified atom stereocenters. The zero-order valence-corrected chi connectivity index (χ0v) is 17.0. The van der Waals surface area contributed by atoms with Crippen LogP contribution in [0.15, 0.2) is 4.99 Å². The second-order valence-electron chi connectivity index (χ2n) is 8.47.